The largest absolute Gasteiger partial charge is 0.492 e. The zero-order valence-corrected chi connectivity index (χ0v) is 15.5. The second-order valence-electron chi connectivity index (χ2n) is 6.35. The van der Waals surface area contributed by atoms with Gasteiger partial charge in [-0.1, -0.05) is 12.1 Å². The Kier molecular flexibility index (Phi) is 6.48. The second-order valence-corrected chi connectivity index (χ2v) is 9.17. The molecule has 0 radical (unpaired) electrons. The summed E-state index contributed by atoms with van der Waals surface area (Å²) < 4.78 is 27.9. The smallest absolute Gasteiger partial charge is 0.232 e. The van der Waals surface area contributed by atoms with Crippen LogP contribution < -0.4 is 4.74 Å². The van der Waals surface area contributed by atoms with Gasteiger partial charge in [-0.15, -0.1) is 0 Å². The van der Waals surface area contributed by atoms with Crippen LogP contribution in [0.1, 0.15) is 12.0 Å². The van der Waals surface area contributed by atoms with Gasteiger partial charge in [0, 0.05) is 42.7 Å². The Bertz CT molecular complexity index is 661. The first-order valence-electron chi connectivity index (χ1n) is 7.79. The number of carbonyl (C=O) groups excluding carboxylic acids is 1. The van der Waals surface area contributed by atoms with Gasteiger partial charge in [-0.05, 0) is 31.8 Å². The Balaban J connectivity index is 1.86. The number of rotatable bonds is 8. The van der Waals surface area contributed by atoms with Crippen molar-refractivity contribution in [2.45, 2.75) is 13.0 Å². The third kappa shape index (κ3) is 6.30. The minimum atomic E-state index is -3.57. The number of hydrogen-bond acceptors (Lipinski definition) is 5. The van der Waals surface area contributed by atoms with E-state index in [1.807, 2.05) is 43.3 Å². The molecular formula is C16H23ClN2O4S. The topological polar surface area (TPSA) is 66.9 Å². The summed E-state index contributed by atoms with van der Waals surface area (Å²) in [6.07, 6.45) is 0.234. The number of hydrogen-bond donors (Lipinski definition) is 0. The summed E-state index contributed by atoms with van der Waals surface area (Å²) in [5.41, 5.74) is 0.984. The fraction of sp³-hybridized carbons (Fsp3) is 0.562. The number of halogens is 1. The summed E-state index contributed by atoms with van der Waals surface area (Å²) in [5, 5.41) is 0. The van der Waals surface area contributed by atoms with Crippen molar-refractivity contribution in [3.63, 3.8) is 0 Å². The Morgan fingerprint density at radius 3 is 2.54 bits per heavy atom. The van der Waals surface area contributed by atoms with Gasteiger partial charge in [0.1, 0.15) is 12.4 Å². The minimum absolute atomic E-state index is 0.0355. The van der Waals surface area contributed by atoms with Crippen LogP contribution >= 0.6 is 10.7 Å². The summed E-state index contributed by atoms with van der Waals surface area (Å²) in [7, 11) is 5.67. The Labute approximate surface area is 147 Å². The van der Waals surface area contributed by atoms with Crippen LogP contribution in [-0.2, 0) is 20.4 Å². The molecule has 0 bridgehead atoms. The van der Waals surface area contributed by atoms with Crippen LogP contribution in [0.15, 0.2) is 24.3 Å². The molecule has 0 aliphatic carbocycles. The summed E-state index contributed by atoms with van der Waals surface area (Å²) >= 11 is 0. The third-order valence-corrected chi connectivity index (χ3v) is 5.08. The van der Waals surface area contributed by atoms with Gasteiger partial charge in [0.25, 0.3) is 0 Å². The first-order chi connectivity index (χ1) is 11.2. The molecule has 8 heteroatoms. The van der Waals surface area contributed by atoms with E-state index in [0.717, 1.165) is 17.9 Å². The predicted octanol–water partition coefficient (Wildman–Crippen LogP) is 1.54. The van der Waals surface area contributed by atoms with Crippen LogP contribution in [0.3, 0.4) is 0 Å². The molecule has 1 atom stereocenters. The quantitative estimate of drug-likeness (QED) is 0.646. The van der Waals surface area contributed by atoms with Crippen molar-refractivity contribution in [1.82, 2.24) is 9.80 Å². The lowest BCUT2D eigenvalue weighted by Crippen LogP contribution is -2.25. The molecule has 1 aromatic rings. The zero-order valence-electron chi connectivity index (χ0n) is 13.9. The van der Waals surface area contributed by atoms with Gasteiger partial charge in [-0.25, -0.2) is 8.42 Å². The number of benzene rings is 1. The summed E-state index contributed by atoms with van der Waals surface area (Å²) in [5.74, 6) is 0.370. The van der Waals surface area contributed by atoms with Crippen molar-refractivity contribution in [2.75, 3.05) is 39.5 Å². The number of carbonyl (C=O) groups is 1. The highest BCUT2D eigenvalue weighted by Crippen LogP contribution is 2.23. The molecular weight excluding hydrogens is 352 g/mol. The molecule has 2 rings (SSSR count). The Morgan fingerprint density at radius 1 is 1.29 bits per heavy atom. The standard InChI is InChI=1S/C16H23ClN2O4S/c1-18(2)7-8-23-15-5-3-13(4-6-15)10-19-11-14(9-16(19)20)12-24(17,21)22/h3-6,14H,7-12H2,1-2H3. The molecule has 1 aliphatic rings. The van der Waals surface area contributed by atoms with E-state index in [9.17, 15) is 13.2 Å². The average molecular weight is 375 g/mol. The Hall–Kier alpha value is -1.31. The fourth-order valence-corrected chi connectivity index (χ4v) is 3.98. The number of ether oxygens (including phenoxy) is 1. The molecule has 6 nitrogen and oxygen atoms in total. The third-order valence-electron chi connectivity index (χ3n) is 3.83. The first kappa shape index (κ1) is 19.0. The molecule has 1 saturated heterocycles. The van der Waals surface area contributed by atoms with Gasteiger partial charge in [0.05, 0.1) is 5.75 Å². The average Bonchev–Trinajstić information content (AvgIpc) is 2.78. The van der Waals surface area contributed by atoms with Crippen molar-refractivity contribution < 1.29 is 17.9 Å². The summed E-state index contributed by atoms with van der Waals surface area (Å²) in [6.45, 7) is 2.35. The number of nitrogens with zero attached hydrogens (tertiary/aromatic N) is 2. The monoisotopic (exact) mass is 374 g/mol. The van der Waals surface area contributed by atoms with Crippen LogP contribution in [-0.4, -0.2) is 63.7 Å². The molecule has 134 valence electrons. The minimum Gasteiger partial charge on any atom is -0.492 e. The van der Waals surface area contributed by atoms with Gasteiger partial charge in [0.15, 0.2) is 0 Å². The second kappa shape index (κ2) is 8.18. The van der Waals surface area contributed by atoms with Crippen molar-refractivity contribution in [3.05, 3.63) is 29.8 Å². The summed E-state index contributed by atoms with van der Waals surface area (Å²) in [6, 6.07) is 7.60. The van der Waals surface area contributed by atoms with Crippen LogP contribution in [0.5, 0.6) is 5.75 Å². The molecule has 1 amide bonds. The lowest BCUT2D eigenvalue weighted by atomic mass is 10.1. The molecule has 1 fully saturated rings. The van der Waals surface area contributed by atoms with E-state index in [1.165, 1.54) is 0 Å². The zero-order chi connectivity index (χ0) is 17.7. The SMILES string of the molecule is CN(C)CCOc1ccc(CN2CC(CS(=O)(=O)Cl)CC2=O)cc1. The maximum absolute atomic E-state index is 12.0. The van der Waals surface area contributed by atoms with Crippen LogP contribution in [0, 0.1) is 5.92 Å². The van der Waals surface area contributed by atoms with Crippen LogP contribution in [0.2, 0.25) is 0 Å². The van der Waals surface area contributed by atoms with Gasteiger partial charge in [-0.3, -0.25) is 4.79 Å². The molecule has 0 spiro atoms. The van der Waals surface area contributed by atoms with Crippen molar-refractivity contribution in [3.8, 4) is 5.75 Å². The number of amides is 1. The lowest BCUT2D eigenvalue weighted by Gasteiger charge is -2.17. The maximum Gasteiger partial charge on any atom is 0.232 e. The van der Waals surface area contributed by atoms with Crippen LogP contribution in [0.25, 0.3) is 0 Å². The Morgan fingerprint density at radius 2 is 1.96 bits per heavy atom. The molecule has 1 unspecified atom stereocenters. The molecule has 24 heavy (non-hydrogen) atoms. The van der Waals surface area contributed by atoms with Crippen molar-refractivity contribution >= 4 is 25.6 Å². The van der Waals surface area contributed by atoms with E-state index in [1.54, 1.807) is 4.90 Å². The van der Waals surface area contributed by atoms with E-state index in [0.29, 0.717) is 19.7 Å². The molecule has 1 aliphatic heterocycles. The van der Waals surface area contributed by atoms with Crippen LogP contribution in [0.4, 0.5) is 0 Å². The highest BCUT2D eigenvalue weighted by molar-refractivity contribution is 8.13. The van der Waals surface area contributed by atoms with Gasteiger partial charge in [-0.2, -0.15) is 0 Å². The lowest BCUT2D eigenvalue weighted by molar-refractivity contribution is -0.128. The molecule has 0 aromatic heterocycles. The normalized spacial score (nSPS) is 18.4. The van der Waals surface area contributed by atoms with E-state index in [-0.39, 0.29) is 24.0 Å². The molecule has 1 heterocycles. The van der Waals surface area contributed by atoms with E-state index < -0.39 is 9.05 Å². The predicted molar refractivity (Wildman–Crippen MR) is 93.7 cm³/mol. The number of likely N-dealkylation sites (N-methyl/N-ethyl adjacent to an activating group) is 1. The molecule has 0 saturated carbocycles. The molecule has 1 aromatic carbocycles. The van der Waals surface area contributed by atoms with E-state index in [4.69, 9.17) is 15.4 Å². The highest BCUT2D eigenvalue weighted by Gasteiger charge is 2.32. The number of likely N-dealkylation sites (tertiary alicyclic amines) is 1. The van der Waals surface area contributed by atoms with Gasteiger partial charge in [0.2, 0.25) is 15.0 Å². The maximum atomic E-state index is 12.0. The molecule has 0 N–H and O–H groups in total. The van der Waals surface area contributed by atoms with Gasteiger partial charge < -0.3 is 14.5 Å². The van der Waals surface area contributed by atoms with Crippen molar-refractivity contribution in [1.29, 1.82) is 0 Å². The van der Waals surface area contributed by atoms with Crippen molar-refractivity contribution in [2.24, 2.45) is 5.92 Å². The highest BCUT2D eigenvalue weighted by atomic mass is 35.7. The van der Waals surface area contributed by atoms with E-state index >= 15 is 0 Å². The fourth-order valence-electron chi connectivity index (χ4n) is 2.66. The van der Waals surface area contributed by atoms with Gasteiger partial charge >= 0.3 is 0 Å². The summed E-state index contributed by atoms with van der Waals surface area (Å²) in [4.78, 5) is 15.7. The van der Waals surface area contributed by atoms with E-state index in [2.05, 4.69) is 0 Å². The first-order valence-corrected chi connectivity index (χ1v) is 10.3.